The standard InChI is InChI=1S/C21H34N6O7/c1-10(2)5-14(20(32)27-17(11(3)4)21(33)34)26-19(31)15(7-16(28)29)25-18(30)13(22)6-12-8-23-9-24-12/h8-11,13-15,17H,5-7,22H2,1-4H3,(H,23,24)(H,25,30)(H,26,31)(H,27,32)(H,28,29)(H,33,34). The Bertz CT molecular complexity index is 856. The second kappa shape index (κ2) is 13.3. The van der Waals surface area contributed by atoms with Crippen molar-refractivity contribution in [2.75, 3.05) is 0 Å². The van der Waals surface area contributed by atoms with Crippen LogP contribution in [0.4, 0.5) is 0 Å². The van der Waals surface area contributed by atoms with Crippen molar-refractivity contribution in [2.45, 2.75) is 71.1 Å². The van der Waals surface area contributed by atoms with Gasteiger partial charge in [-0.15, -0.1) is 0 Å². The largest absolute Gasteiger partial charge is 0.481 e. The zero-order valence-corrected chi connectivity index (χ0v) is 19.7. The SMILES string of the molecule is CC(C)CC(NC(=O)C(CC(=O)O)NC(=O)C(N)Cc1cnc[nH]1)C(=O)NC(C(=O)O)C(C)C. The molecule has 0 fully saturated rings. The molecule has 0 saturated carbocycles. The third-order valence-electron chi connectivity index (χ3n) is 4.91. The van der Waals surface area contributed by atoms with Crippen LogP contribution in [0.3, 0.4) is 0 Å². The number of carbonyl (C=O) groups is 5. The second-order valence-corrected chi connectivity index (χ2v) is 8.81. The first-order chi connectivity index (χ1) is 15.8. The quantitative estimate of drug-likeness (QED) is 0.173. The minimum absolute atomic E-state index is 0.0614. The van der Waals surface area contributed by atoms with Gasteiger partial charge >= 0.3 is 11.9 Å². The Kier molecular flexibility index (Phi) is 11.2. The highest BCUT2D eigenvalue weighted by atomic mass is 16.4. The lowest BCUT2D eigenvalue weighted by Gasteiger charge is -2.26. The zero-order valence-electron chi connectivity index (χ0n) is 19.7. The molecule has 4 atom stereocenters. The fourth-order valence-electron chi connectivity index (χ4n) is 3.13. The molecule has 1 rings (SSSR count). The molecule has 13 heteroatoms. The van der Waals surface area contributed by atoms with Crippen molar-refractivity contribution in [3.05, 3.63) is 18.2 Å². The van der Waals surface area contributed by atoms with E-state index < -0.39 is 66.2 Å². The number of aromatic nitrogens is 2. The van der Waals surface area contributed by atoms with Crippen LogP contribution >= 0.6 is 0 Å². The molecule has 0 aliphatic carbocycles. The molecule has 13 nitrogen and oxygen atoms in total. The minimum Gasteiger partial charge on any atom is -0.481 e. The molecule has 1 heterocycles. The lowest BCUT2D eigenvalue weighted by molar-refractivity contribution is -0.144. The maximum absolute atomic E-state index is 12.9. The molecule has 0 bridgehead atoms. The average Bonchev–Trinajstić information content (AvgIpc) is 3.22. The molecule has 1 aromatic heterocycles. The molecule has 3 amide bonds. The maximum atomic E-state index is 12.9. The van der Waals surface area contributed by atoms with Crippen molar-refractivity contribution in [1.82, 2.24) is 25.9 Å². The Morgan fingerprint density at radius 3 is 2.03 bits per heavy atom. The molecule has 0 saturated heterocycles. The number of carboxylic acid groups (broad SMARTS) is 2. The number of nitrogens with zero attached hydrogens (tertiary/aromatic N) is 1. The van der Waals surface area contributed by atoms with Gasteiger partial charge in [-0.05, 0) is 18.3 Å². The van der Waals surface area contributed by atoms with Gasteiger partial charge in [0.05, 0.1) is 18.8 Å². The number of hydrogen-bond donors (Lipinski definition) is 7. The lowest BCUT2D eigenvalue weighted by atomic mass is 10.00. The molecule has 0 radical (unpaired) electrons. The molecule has 8 N–H and O–H groups in total. The van der Waals surface area contributed by atoms with Gasteiger partial charge in [-0.1, -0.05) is 27.7 Å². The Morgan fingerprint density at radius 1 is 0.971 bits per heavy atom. The van der Waals surface area contributed by atoms with E-state index in [0.717, 1.165) is 0 Å². The summed E-state index contributed by atoms with van der Waals surface area (Å²) >= 11 is 0. The van der Waals surface area contributed by atoms with Gasteiger partial charge in [-0.2, -0.15) is 0 Å². The van der Waals surface area contributed by atoms with Gasteiger partial charge in [0.15, 0.2) is 0 Å². The third kappa shape index (κ3) is 9.57. The predicted molar refractivity (Wildman–Crippen MR) is 120 cm³/mol. The van der Waals surface area contributed by atoms with Gasteiger partial charge in [0.1, 0.15) is 18.1 Å². The minimum atomic E-state index is -1.50. The van der Waals surface area contributed by atoms with E-state index >= 15 is 0 Å². The molecule has 34 heavy (non-hydrogen) atoms. The summed E-state index contributed by atoms with van der Waals surface area (Å²) in [6, 6.07) is -4.89. The maximum Gasteiger partial charge on any atom is 0.326 e. The van der Waals surface area contributed by atoms with E-state index in [2.05, 4.69) is 25.9 Å². The van der Waals surface area contributed by atoms with E-state index in [0.29, 0.717) is 5.69 Å². The average molecular weight is 483 g/mol. The molecule has 1 aromatic rings. The molecule has 0 aliphatic heterocycles. The van der Waals surface area contributed by atoms with E-state index in [1.165, 1.54) is 12.5 Å². The molecule has 4 unspecified atom stereocenters. The third-order valence-corrected chi connectivity index (χ3v) is 4.91. The number of aromatic amines is 1. The fourth-order valence-corrected chi connectivity index (χ4v) is 3.13. The Morgan fingerprint density at radius 2 is 1.56 bits per heavy atom. The van der Waals surface area contributed by atoms with Crippen molar-refractivity contribution in [3.8, 4) is 0 Å². The normalized spacial score (nSPS) is 14.7. The number of nitrogens with one attached hydrogen (secondary N) is 4. The van der Waals surface area contributed by atoms with Crippen LogP contribution in [-0.4, -0.2) is 74.0 Å². The number of rotatable bonds is 14. The van der Waals surface area contributed by atoms with E-state index in [9.17, 15) is 34.2 Å². The Labute approximate surface area is 197 Å². The monoisotopic (exact) mass is 482 g/mol. The molecular weight excluding hydrogens is 448 g/mol. The van der Waals surface area contributed by atoms with Crippen LogP contribution in [0.5, 0.6) is 0 Å². The van der Waals surface area contributed by atoms with Crippen molar-refractivity contribution in [2.24, 2.45) is 17.6 Å². The van der Waals surface area contributed by atoms with Crippen LogP contribution in [0.15, 0.2) is 12.5 Å². The van der Waals surface area contributed by atoms with Crippen molar-refractivity contribution >= 4 is 29.7 Å². The van der Waals surface area contributed by atoms with E-state index in [4.69, 9.17) is 5.73 Å². The van der Waals surface area contributed by atoms with E-state index in [-0.39, 0.29) is 18.8 Å². The summed E-state index contributed by atoms with van der Waals surface area (Å²) in [7, 11) is 0. The molecule has 0 spiro atoms. The van der Waals surface area contributed by atoms with Gasteiger partial charge < -0.3 is 36.9 Å². The van der Waals surface area contributed by atoms with Gasteiger partial charge in [-0.25, -0.2) is 9.78 Å². The lowest BCUT2D eigenvalue weighted by Crippen LogP contribution is -2.58. The zero-order chi connectivity index (χ0) is 26.0. The Hall–Kier alpha value is -3.48. The van der Waals surface area contributed by atoms with Crippen LogP contribution in [-0.2, 0) is 30.4 Å². The van der Waals surface area contributed by atoms with E-state index in [1.54, 1.807) is 27.7 Å². The highest BCUT2D eigenvalue weighted by Gasteiger charge is 2.32. The smallest absolute Gasteiger partial charge is 0.326 e. The molecular formula is C21H34N6O7. The summed E-state index contributed by atoms with van der Waals surface area (Å²) in [5, 5.41) is 25.7. The van der Waals surface area contributed by atoms with Crippen molar-refractivity contribution in [3.63, 3.8) is 0 Å². The summed E-state index contributed by atoms with van der Waals surface area (Å²) in [6.45, 7) is 6.85. The summed E-state index contributed by atoms with van der Waals surface area (Å²) in [5.41, 5.74) is 6.43. The van der Waals surface area contributed by atoms with Crippen LogP contribution < -0.4 is 21.7 Å². The number of H-pyrrole nitrogens is 1. The van der Waals surface area contributed by atoms with Crippen molar-refractivity contribution < 1.29 is 34.2 Å². The molecule has 0 aliphatic rings. The number of amides is 3. The summed E-state index contributed by atoms with van der Waals surface area (Å²) in [4.78, 5) is 67.4. The van der Waals surface area contributed by atoms with Gasteiger partial charge in [0, 0.05) is 18.3 Å². The fraction of sp³-hybridized carbons (Fsp3) is 0.619. The number of nitrogens with two attached hydrogens (primary N) is 1. The van der Waals surface area contributed by atoms with Crippen molar-refractivity contribution in [1.29, 1.82) is 0 Å². The van der Waals surface area contributed by atoms with Crippen LogP contribution in [0.25, 0.3) is 0 Å². The number of carboxylic acids is 2. The van der Waals surface area contributed by atoms with Crippen LogP contribution in [0.1, 0.15) is 46.2 Å². The second-order valence-electron chi connectivity index (χ2n) is 8.81. The van der Waals surface area contributed by atoms with Gasteiger partial charge in [0.25, 0.3) is 0 Å². The number of hydrogen-bond acceptors (Lipinski definition) is 7. The van der Waals surface area contributed by atoms with Crippen LogP contribution in [0, 0.1) is 11.8 Å². The number of imidazole rings is 1. The topological polar surface area (TPSA) is 217 Å². The highest BCUT2D eigenvalue weighted by Crippen LogP contribution is 2.09. The predicted octanol–water partition coefficient (Wildman–Crippen LogP) is -1.00. The first-order valence-electron chi connectivity index (χ1n) is 10.9. The molecule has 190 valence electrons. The summed E-state index contributed by atoms with van der Waals surface area (Å²) in [6.07, 6.45) is 2.39. The van der Waals surface area contributed by atoms with E-state index in [1.807, 2.05) is 0 Å². The number of carbonyl (C=O) groups excluding carboxylic acids is 3. The van der Waals surface area contributed by atoms with Gasteiger partial charge in [0.2, 0.25) is 17.7 Å². The first-order valence-corrected chi connectivity index (χ1v) is 10.9. The summed E-state index contributed by atoms with van der Waals surface area (Å²) < 4.78 is 0. The van der Waals surface area contributed by atoms with Gasteiger partial charge in [-0.3, -0.25) is 19.2 Å². The first kappa shape index (κ1) is 28.6. The summed E-state index contributed by atoms with van der Waals surface area (Å²) in [5.74, 6) is -5.42. The van der Waals surface area contributed by atoms with Crippen LogP contribution in [0.2, 0.25) is 0 Å². The Balaban J connectivity index is 2.95. The molecule has 0 aromatic carbocycles. The number of aliphatic carboxylic acids is 2. The highest BCUT2D eigenvalue weighted by molar-refractivity contribution is 5.95.